The van der Waals surface area contributed by atoms with Gasteiger partial charge in [-0.3, -0.25) is 0 Å². The first-order valence-electron chi connectivity index (χ1n) is 17.8. The summed E-state index contributed by atoms with van der Waals surface area (Å²) in [5.41, 5.74) is 12.6. The van der Waals surface area contributed by atoms with Gasteiger partial charge in [-0.25, -0.2) is 4.98 Å². The van der Waals surface area contributed by atoms with Crippen LogP contribution in [0.4, 0.5) is 0 Å². The SMILES string of the molecule is c1ccc(-n2c3ccccc3c3c(-c4ccc(-c5nc6ccccc6c6c5ccc5c6c6ccccc6n5-c5ccccc5)cc4)cccc32)cc1. The van der Waals surface area contributed by atoms with Crippen LogP contribution in [0.5, 0.6) is 0 Å². The Morgan fingerprint density at radius 1 is 0.308 bits per heavy atom. The number of benzene rings is 8. The van der Waals surface area contributed by atoms with E-state index < -0.39 is 0 Å². The number of fused-ring (bicyclic) bond motifs is 10. The zero-order valence-electron chi connectivity index (χ0n) is 28.2. The van der Waals surface area contributed by atoms with E-state index in [9.17, 15) is 0 Å². The number of nitrogens with zero attached hydrogens (tertiary/aromatic N) is 3. The first kappa shape index (κ1) is 28.8. The van der Waals surface area contributed by atoms with E-state index in [0.29, 0.717) is 0 Å². The Morgan fingerprint density at radius 3 is 1.50 bits per heavy atom. The minimum atomic E-state index is 0.997. The molecular weight excluding hydrogens is 631 g/mol. The molecule has 3 heteroatoms. The molecule has 0 saturated carbocycles. The molecule has 242 valence electrons. The molecule has 0 aliphatic carbocycles. The summed E-state index contributed by atoms with van der Waals surface area (Å²) in [6.45, 7) is 0. The van der Waals surface area contributed by atoms with Crippen LogP contribution >= 0.6 is 0 Å². The summed E-state index contributed by atoms with van der Waals surface area (Å²) in [5.74, 6) is 0. The van der Waals surface area contributed by atoms with Crippen LogP contribution in [0.1, 0.15) is 0 Å². The van der Waals surface area contributed by atoms with Gasteiger partial charge in [-0.05, 0) is 65.7 Å². The summed E-state index contributed by atoms with van der Waals surface area (Å²) < 4.78 is 4.77. The van der Waals surface area contributed by atoms with Crippen LogP contribution in [0.3, 0.4) is 0 Å². The smallest absolute Gasteiger partial charge is 0.0788 e. The van der Waals surface area contributed by atoms with Crippen LogP contribution in [-0.2, 0) is 0 Å². The highest BCUT2D eigenvalue weighted by molar-refractivity contribution is 6.29. The van der Waals surface area contributed by atoms with Crippen LogP contribution in [0.25, 0.3) is 99.0 Å². The number of pyridine rings is 1. The molecule has 0 aliphatic rings. The van der Waals surface area contributed by atoms with Gasteiger partial charge in [0.05, 0.1) is 33.3 Å². The van der Waals surface area contributed by atoms with Crippen LogP contribution < -0.4 is 0 Å². The predicted molar refractivity (Wildman–Crippen MR) is 219 cm³/mol. The summed E-state index contributed by atoms with van der Waals surface area (Å²) in [6, 6.07) is 67.7. The van der Waals surface area contributed by atoms with Gasteiger partial charge < -0.3 is 9.13 Å². The molecule has 0 unspecified atom stereocenters. The molecule has 8 aromatic carbocycles. The summed E-state index contributed by atoms with van der Waals surface area (Å²) in [7, 11) is 0. The maximum Gasteiger partial charge on any atom is 0.0788 e. The van der Waals surface area contributed by atoms with E-state index in [1.807, 2.05) is 0 Å². The molecule has 0 amide bonds. The van der Waals surface area contributed by atoms with Crippen LogP contribution in [0, 0.1) is 0 Å². The third kappa shape index (κ3) is 4.17. The molecule has 3 nitrogen and oxygen atoms in total. The zero-order chi connectivity index (χ0) is 34.2. The van der Waals surface area contributed by atoms with Crippen molar-refractivity contribution in [1.82, 2.24) is 14.1 Å². The van der Waals surface area contributed by atoms with Crippen molar-refractivity contribution in [3.8, 4) is 33.8 Å². The van der Waals surface area contributed by atoms with Crippen LogP contribution in [-0.4, -0.2) is 14.1 Å². The molecule has 11 aromatic rings. The maximum atomic E-state index is 5.35. The number of aromatic nitrogens is 3. The lowest BCUT2D eigenvalue weighted by Gasteiger charge is -2.13. The molecule has 0 bridgehead atoms. The summed E-state index contributed by atoms with van der Waals surface area (Å²) in [6.07, 6.45) is 0. The van der Waals surface area contributed by atoms with Crippen molar-refractivity contribution in [2.45, 2.75) is 0 Å². The predicted octanol–water partition coefficient (Wildman–Crippen LogP) is 12.9. The average molecular weight is 662 g/mol. The normalized spacial score (nSPS) is 11.8. The molecule has 0 atom stereocenters. The fourth-order valence-electron chi connectivity index (χ4n) is 8.50. The highest BCUT2D eigenvalue weighted by atomic mass is 15.0. The van der Waals surface area contributed by atoms with Crippen LogP contribution in [0.2, 0.25) is 0 Å². The Morgan fingerprint density at radius 2 is 0.827 bits per heavy atom. The quantitative estimate of drug-likeness (QED) is 0.172. The second-order valence-electron chi connectivity index (χ2n) is 13.5. The van der Waals surface area contributed by atoms with E-state index in [1.165, 1.54) is 65.5 Å². The van der Waals surface area contributed by atoms with Crippen molar-refractivity contribution in [3.63, 3.8) is 0 Å². The minimum Gasteiger partial charge on any atom is -0.309 e. The van der Waals surface area contributed by atoms with E-state index in [1.54, 1.807) is 0 Å². The van der Waals surface area contributed by atoms with Crippen molar-refractivity contribution >= 4 is 65.3 Å². The van der Waals surface area contributed by atoms with E-state index in [0.717, 1.165) is 33.5 Å². The third-order valence-electron chi connectivity index (χ3n) is 10.7. The van der Waals surface area contributed by atoms with Gasteiger partial charge in [0, 0.05) is 54.6 Å². The molecule has 0 N–H and O–H groups in total. The first-order valence-corrected chi connectivity index (χ1v) is 17.8. The molecule has 0 aliphatic heterocycles. The number of hydrogen-bond donors (Lipinski definition) is 0. The zero-order valence-corrected chi connectivity index (χ0v) is 28.2. The Hall–Kier alpha value is -6.97. The molecule has 0 radical (unpaired) electrons. The molecule has 3 heterocycles. The lowest BCUT2D eigenvalue weighted by atomic mass is 9.94. The number of rotatable bonds is 4. The lowest BCUT2D eigenvalue weighted by Crippen LogP contribution is -1.94. The van der Waals surface area contributed by atoms with Crippen molar-refractivity contribution in [1.29, 1.82) is 0 Å². The first-order chi connectivity index (χ1) is 25.8. The minimum absolute atomic E-state index is 0.997. The molecule has 0 fully saturated rings. The van der Waals surface area contributed by atoms with E-state index in [4.69, 9.17) is 4.98 Å². The van der Waals surface area contributed by atoms with Gasteiger partial charge in [0.1, 0.15) is 0 Å². The fourth-order valence-corrected chi connectivity index (χ4v) is 8.50. The Kier molecular flexibility index (Phi) is 6.25. The van der Waals surface area contributed by atoms with Crippen molar-refractivity contribution in [3.05, 3.63) is 188 Å². The molecular formula is C49H31N3. The van der Waals surface area contributed by atoms with Gasteiger partial charge in [-0.2, -0.15) is 0 Å². The van der Waals surface area contributed by atoms with Gasteiger partial charge >= 0.3 is 0 Å². The van der Waals surface area contributed by atoms with Gasteiger partial charge in [0.25, 0.3) is 0 Å². The number of para-hydroxylation sites is 5. The monoisotopic (exact) mass is 661 g/mol. The van der Waals surface area contributed by atoms with Gasteiger partial charge in [-0.15, -0.1) is 0 Å². The second kappa shape index (κ2) is 11.3. The van der Waals surface area contributed by atoms with E-state index in [-0.39, 0.29) is 0 Å². The van der Waals surface area contributed by atoms with Crippen LogP contribution in [0.15, 0.2) is 188 Å². The molecule has 0 saturated heterocycles. The van der Waals surface area contributed by atoms with E-state index in [2.05, 4.69) is 197 Å². The van der Waals surface area contributed by atoms with Gasteiger partial charge in [0.2, 0.25) is 0 Å². The fraction of sp³-hybridized carbons (Fsp3) is 0. The molecule has 11 rings (SSSR count). The molecule has 52 heavy (non-hydrogen) atoms. The maximum absolute atomic E-state index is 5.35. The number of hydrogen-bond acceptors (Lipinski definition) is 1. The summed E-state index contributed by atoms with van der Waals surface area (Å²) >= 11 is 0. The topological polar surface area (TPSA) is 22.8 Å². The van der Waals surface area contributed by atoms with E-state index >= 15 is 0 Å². The van der Waals surface area contributed by atoms with Crippen molar-refractivity contribution in [2.75, 3.05) is 0 Å². The Balaban J connectivity index is 1.14. The standard InChI is InChI=1S/C49H31N3/c1-3-14-34(15-4-1)51-42-23-11-8-19-38(42)46-36(21-13-25-44(46)51)32-26-28-33(29-27-32)49-40-30-31-45-48(47(40)37-18-7-10-22-41(37)50-49)39-20-9-12-24-43(39)52(45)35-16-5-2-6-17-35/h1-31H. The largest absolute Gasteiger partial charge is 0.309 e. The highest BCUT2D eigenvalue weighted by Gasteiger charge is 2.20. The second-order valence-corrected chi connectivity index (χ2v) is 13.5. The highest BCUT2D eigenvalue weighted by Crippen LogP contribution is 2.43. The summed E-state index contributed by atoms with van der Waals surface area (Å²) in [4.78, 5) is 5.35. The molecule has 3 aromatic heterocycles. The Labute approximate surface area is 300 Å². The average Bonchev–Trinajstić information content (AvgIpc) is 3.74. The Bertz CT molecular complexity index is 3150. The van der Waals surface area contributed by atoms with Gasteiger partial charge in [0.15, 0.2) is 0 Å². The van der Waals surface area contributed by atoms with Gasteiger partial charge in [-0.1, -0.05) is 133 Å². The third-order valence-corrected chi connectivity index (χ3v) is 10.7. The lowest BCUT2D eigenvalue weighted by molar-refractivity contribution is 1.18. The van der Waals surface area contributed by atoms with Crippen molar-refractivity contribution in [2.24, 2.45) is 0 Å². The molecule has 0 spiro atoms. The summed E-state index contributed by atoms with van der Waals surface area (Å²) in [5, 5.41) is 8.58. The van der Waals surface area contributed by atoms with Crippen molar-refractivity contribution < 1.29 is 0 Å².